The van der Waals surface area contributed by atoms with Crippen LogP contribution in [-0.2, 0) is 6.54 Å². The highest BCUT2D eigenvalue weighted by molar-refractivity contribution is 6.31. The average molecular weight is 277 g/mol. The van der Waals surface area contributed by atoms with E-state index < -0.39 is 4.92 Å². The van der Waals surface area contributed by atoms with Crippen molar-refractivity contribution in [2.75, 3.05) is 5.32 Å². The summed E-state index contributed by atoms with van der Waals surface area (Å²) in [5.41, 5.74) is 2.69. The zero-order valence-corrected chi connectivity index (χ0v) is 11.1. The van der Waals surface area contributed by atoms with Gasteiger partial charge in [0.2, 0.25) is 0 Å². The summed E-state index contributed by atoms with van der Waals surface area (Å²) in [4.78, 5) is 10.5. The third kappa shape index (κ3) is 3.45. The Morgan fingerprint density at radius 3 is 2.53 bits per heavy atom. The molecule has 0 aromatic heterocycles. The van der Waals surface area contributed by atoms with Gasteiger partial charge in [-0.05, 0) is 24.6 Å². The standard InChI is InChI=1S/C14H13ClN2O2/c1-10-2-4-11(5-3-10)9-16-13-8-12(15)6-7-14(13)17(18)19/h2-8,16H,9H2,1H3. The first-order valence-electron chi connectivity index (χ1n) is 5.79. The zero-order valence-electron chi connectivity index (χ0n) is 10.4. The fraction of sp³-hybridized carbons (Fsp3) is 0.143. The summed E-state index contributed by atoms with van der Waals surface area (Å²) in [6.07, 6.45) is 0. The molecule has 0 atom stereocenters. The molecule has 4 nitrogen and oxygen atoms in total. The summed E-state index contributed by atoms with van der Waals surface area (Å²) >= 11 is 5.86. The van der Waals surface area contributed by atoms with Crippen LogP contribution in [0.15, 0.2) is 42.5 Å². The third-order valence-electron chi connectivity index (χ3n) is 2.76. The Hall–Kier alpha value is -2.07. The van der Waals surface area contributed by atoms with Crippen molar-refractivity contribution >= 4 is 23.0 Å². The Morgan fingerprint density at radius 1 is 1.21 bits per heavy atom. The summed E-state index contributed by atoms with van der Waals surface area (Å²) in [7, 11) is 0. The zero-order chi connectivity index (χ0) is 13.8. The maximum absolute atomic E-state index is 10.9. The van der Waals surface area contributed by atoms with Crippen LogP contribution in [0.25, 0.3) is 0 Å². The molecule has 98 valence electrons. The molecule has 0 unspecified atom stereocenters. The minimum Gasteiger partial charge on any atom is -0.375 e. The molecule has 0 bridgehead atoms. The largest absolute Gasteiger partial charge is 0.375 e. The lowest BCUT2D eigenvalue weighted by Gasteiger charge is -2.08. The molecular formula is C14H13ClN2O2. The molecule has 0 aliphatic carbocycles. The van der Waals surface area contributed by atoms with E-state index in [-0.39, 0.29) is 5.69 Å². The lowest BCUT2D eigenvalue weighted by molar-refractivity contribution is -0.384. The van der Waals surface area contributed by atoms with E-state index in [1.807, 2.05) is 31.2 Å². The maximum Gasteiger partial charge on any atom is 0.292 e. The normalized spacial score (nSPS) is 10.2. The highest BCUT2D eigenvalue weighted by Crippen LogP contribution is 2.28. The van der Waals surface area contributed by atoms with E-state index in [0.29, 0.717) is 17.3 Å². The first kappa shape index (κ1) is 13.4. The number of nitrogens with zero attached hydrogens (tertiary/aromatic N) is 1. The minimum atomic E-state index is -0.423. The monoisotopic (exact) mass is 276 g/mol. The number of benzene rings is 2. The van der Waals surface area contributed by atoms with Crippen molar-refractivity contribution in [3.05, 3.63) is 68.7 Å². The minimum absolute atomic E-state index is 0.0245. The van der Waals surface area contributed by atoms with Crippen molar-refractivity contribution < 1.29 is 4.92 Å². The van der Waals surface area contributed by atoms with Gasteiger partial charge in [0.25, 0.3) is 5.69 Å². The second kappa shape index (κ2) is 5.71. The van der Waals surface area contributed by atoms with Gasteiger partial charge in [-0.25, -0.2) is 0 Å². The second-order valence-corrected chi connectivity index (χ2v) is 4.69. The lowest BCUT2D eigenvalue weighted by Crippen LogP contribution is -2.02. The predicted octanol–water partition coefficient (Wildman–Crippen LogP) is 4.17. The van der Waals surface area contributed by atoms with Crippen LogP contribution in [0.2, 0.25) is 5.02 Å². The van der Waals surface area contributed by atoms with Crippen molar-refractivity contribution in [1.29, 1.82) is 0 Å². The van der Waals surface area contributed by atoms with E-state index in [4.69, 9.17) is 11.6 Å². The molecule has 0 heterocycles. The van der Waals surface area contributed by atoms with E-state index in [1.54, 1.807) is 6.07 Å². The lowest BCUT2D eigenvalue weighted by atomic mass is 10.1. The van der Waals surface area contributed by atoms with Crippen LogP contribution in [0.3, 0.4) is 0 Å². The number of nitro groups is 1. The van der Waals surface area contributed by atoms with Crippen LogP contribution in [0.1, 0.15) is 11.1 Å². The van der Waals surface area contributed by atoms with Gasteiger partial charge in [-0.15, -0.1) is 0 Å². The van der Waals surface area contributed by atoms with Gasteiger partial charge < -0.3 is 5.32 Å². The quantitative estimate of drug-likeness (QED) is 0.673. The van der Waals surface area contributed by atoms with Gasteiger partial charge >= 0.3 is 0 Å². The molecule has 2 rings (SSSR count). The number of nitrogens with one attached hydrogen (secondary N) is 1. The number of nitro benzene ring substituents is 1. The van der Waals surface area contributed by atoms with Gasteiger partial charge in [-0.1, -0.05) is 41.4 Å². The molecule has 2 aromatic carbocycles. The van der Waals surface area contributed by atoms with Crippen molar-refractivity contribution in [2.45, 2.75) is 13.5 Å². The highest BCUT2D eigenvalue weighted by atomic mass is 35.5. The van der Waals surface area contributed by atoms with E-state index in [0.717, 1.165) is 5.56 Å². The molecule has 2 aromatic rings. The Balaban J connectivity index is 2.16. The SMILES string of the molecule is Cc1ccc(CNc2cc(Cl)ccc2[N+](=O)[O-])cc1. The first-order chi connectivity index (χ1) is 9.06. The van der Waals surface area contributed by atoms with Crippen LogP contribution in [0.4, 0.5) is 11.4 Å². The van der Waals surface area contributed by atoms with E-state index in [2.05, 4.69) is 5.32 Å². The Labute approximate surface area is 116 Å². The number of hydrogen-bond acceptors (Lipinski definition) is 3. The van der Waals surface area contributed by atoms with Crippen LogP contribution >= 0.6 is 11.6 Å². The summed E-state index contributed by atoms with van der Waals surface area (Å²) in [5.74, 6) is 0. The van der Waals surface area contributed by atoms with Crippen molar-refractivity contribution in [2.24, 2.45) is 0 Å². The Morgan fingerprint density at radius 2 is 1.89 bits per heavy atom. The van der Waals surface area contributed by atoms with Gasteiger partial charge in [0.05, 0.1) is 4.92 Å². The first-order valence-corrected chi connectivity index (χ1v) is 6.17. The Bertz CT molecular complexity index is 597. The molecule has 0 aliphatic heterocycles. The van der Waals surface area contributed by atoms with Crippen molar-refractivity contribution in [1.82, 2.24) is 0 Å². The number of hydrogen-bond donors (Lipinski definition) is 1. The summed E-state index contributed by atoms with van der Waals surface area (Å²) < 4.78 is 0. The molecule has 0 amide bonds. The summed E-state index contributed by atoms with van der Waals surface area (Å²) in [6.45, 7) is 2.53. The van der Waals surface area contributed by atoms with Gasteiger partial charge in [0.1, 0.15) is 5.69 Å². The van der Waals surface area contributed by atoms with Crippen LogP contribution < -0.4 is 5.32 Å². The molecule has 0 radical (unpaired) electrons. The summed E-state index contributed by atoms with van der Waals surface area (Å²) in [6, 6.07) is 12.5. The number of aryl methyl sites for hydroxylation is 1. The highest BCUT2D eigenvalue weighted by Gasteiger charge is 2.13. The molecule has 5 heteroatoms. The van der Waals surface area contributed by atoms with E-state index >= 15 is 0 Å². The van der Waals surface area contributed by atoms with Gasteiger partial charge in [0, 0.05) is 17.6 Å². The second-order valence-electron chi connectivity index (χ2n) is 4.26. The van der Waals surface area contributed by atoms with Crippen molar-refractivity contribution in [3.63, 3.8) is 0 Å². The molecule has 0 saturated carbocycles. The topological polar surface area (TPSA) is 55.2 Å². The number of rotatable bonds is 4. The maximum atomic E-state index is 10.9. The van der Waals surface area contributed by atoms with Crippen molar-refractivity contribution in [3.8, 4) is 0 Å². The average Bonchev–Trinajstić information content (AvgIpc) is 2.38. The third-order valence-corrected chi connectivity index (χ3v) is 2.99. The molecule has 0 fully saturated rings. The van der Waals surface area contributed by atoms with Gasteiger partial charge in [-0.3, -0.25) is 10.1 Å². The van der Waals surface area contributed by atoms with Gasteiger partial charge in [-0.2, -0.15) is 0 Å². The smallest absolute Gasteiger partial charge is 0.292 e. The predicted molar refractivity (Wildman–Crippen MR) is 76.6 cm³/mol. The van der Waals surface area contributed by atoms with Crippen LogP contribution in [0, 0.1) is 17.0 Å². The fourth-order valence-corrected chi connectivity index (χ4v) is 1.88. The molecule has 19 heavy (non-hydrogen) atoms. The van der Waals surface area contributed by atoms with Crippen LogP contribution in [0.5, 0.6) is 0 Å². The fourth-order valence-electron chi connectivity index (χ4n) is 1.71. The molecular weight excluding hydrogens is 264 g/mol. The summed E-state index contributed by atoms with van der Waals surface area (Å²) in [5, 5.41) is 14.4. The van der Waals surface area contributed by atoms with Gasteiger partial charge in [0.15, 0.2) is 0 Å². The number of anilines is 1. The van der Waals surface area contributed by atoms with E-state index in [9.17, 15) is 10.1 Å². The Kier molecular flexibility index (Phi) is 4.02. The molecule has 0 spiro atoms. The molecule has 0 aliphatic rings. The number of halogens is 1. The molecule has 0 saturated heterocycles. The van der Waals surface area contributed by atoms with Crippen LogP contribution in [-0.4, -0.2) is 4.92 Å². The van der Waals surface area contributed by atoms with E-state index in [1.165, 1.54) is 17.7 Å². The molecule has 1 N–H and O–H groups in total.